The maximum atomic E-state index is 11.5. The van der Waals surface area contributed by atoms with E-state index in [9.17, 15) is 4.79 Å². The van der Waals surface area contributed by atoms with Crippen LogP contribution in [-0.2, 0) is 14.3 Å². The molecular formula is C13H25NO3. The van der Waals surface area contributed by atoms with Crippen LogP contribution in [0.4, 0.5) is 0 Å². The van der Waals surface area contributed by atoms with Crippen LogP contribution >= 0.6 is 0 Å². The molecule has 0 aliphatic carbocycles. The average Bonchev–Trinajstić information content (AvgIpc) is 2.57. The Balaban J connectivity index is 2.51. The van der Waals surface area contributed by atoms with Crippen LogP contribution in [-0.4, -0.2) is 48.3 Å². The molecule has 0 saturated carbocycles. The van der Waals surface area contributed by atoms with Crippen LogP contribution in [0.2, 0.25) is 0 Å². The van der Waals surface area contributed by atoms with Crippen molar-refractivity contribution in [2.45, 2.75) is 65.4 Å². The molecule has 0 aromatic carbocycles. The average molecular weight is 243 g/mol. The minimum atomic E-state index is 0.109. The minimum Gasteiger partial charge on any atom is -0.377 e. The second-order valence-electron chi connectivity index (χ2n) is 5.25. The summed E-state index contributed by atoms with van der Waals surface area (Å²) in [5.41, 5.74) is 0. The molecule has 0 unspecified atom stereocenters. The molecule has 0 aromatic rings. The van der Waals surface area contributed by atoms with Gasteiger partial charge in [-0.15, -0.1) is 0 Å². The Morgan fingerprint density at radius 3 is 2.41 bits per heavy atom. The van der Waals surface area contributed by atoms with E-state index < -0.39 is 0 Å². The van der Waals surface area contributed by atoms with Gasteiger partial charge in [0.05, 0.1) is 31.0 Å². The quantitative estimate of drug-likeness (QED) is 0.739. The van der Waals surface area contributed by atoms with Gasteiger partial charge in [0.15, 0.2) is 0 Å². The van der Waals surface area contributed by atoms with E-state index in [2.05, 4.69) is 0 Å². The smallest absolute Gasteiger partial charge is 0.219 e. The number of likely N-dealkylation sites (tertiary alicyclic amines) is 1. The van der Waals surface area contributed by atoms with Crippen LogP contribution < -0.4 is 0 Å². The Labute approximate surface area is 104 Å². The number of ether oxygens (including phenoxy) is 2. The highest BCUT2D eigenvalue weighted by molar-refractivity contribution is 5.74. The molecule has 4 heteroatoms. The molecule has 0 spiro atoms. The van der Waals surface area contributed by atoms with Gasteiger partial charge < -0.3 is 14.4 Å². The first-order valence-electron chi connectivity index (χ1n) is 6.44. The zero-order valence-corrected chi connectivity index (χ0v) is 11.6. The standard InChI is InChI=1S/C13H25NO3/c1-9(2)16-8-12-6-13(17-10(3)4)7-14(12)11(5)15/h9-10,12-13H,6-8H2,1-5H3/t12-,13+/m0/s1. The number of amides is 1. The molecule has 1 amide bonds. The Morgan fingerprint density at radius 2 is 1.94 bits per heavy atom. The maximum absolute atomic E-state index is 11.5. The highest BCUT2D eigenvalue weighted by Gasteiger charge is 2.34. The molecule has 0 bridgehead atoms. The van der Waals surface area contributed by atoms with E-state index >= 15 is 0 Å². The first-order valence-corrected chi connectivity index (χ1v) is 6.44. The zero-order chi connectivity index (χ0) is 13.0. The van der Waals surface area contributed by atoms with E-state index in [0.29, 0.717) is 13.2 Å². The third-order valence-electron chi connectivity index (χ3n) is 2.87. The molecule has 1 aliphatic heterocycles. The summed E-state index contributed by atoms with van der Waals surface area (Å²) in [7, 11) is 0. The fourth-order valence-electron chi connectivity index (χ4n) is 2.20. The van der Waals surface area contributed by atoms with Crippen LogP contribution in [0.5, 0.6) is 0 Å². The van der Waals surface area contributed by atoms with E-state index in [1.54, 1.807) is 6.92 Å². The first-order chi connectivity index (χ1) is 7.90. The van der Waals surface area contributed by atoms with E-state index in [0.717, 1.165) is 6.42 Å². The number of carbonyl (C=O) groups is 1. The third kappa shape index (κ3) is 4.64. The van der Waals surface area contributed by atoms with Gasteiger partial charge in [-0.25, -0.2) is 0 Å². The molecule has 4 nitrogen and oxygen atoms in total. The fraction of sp³-hybridized carbons (Fsp3) is 0.923. The van der Waals surface area contributed by atoms with Gasteiger partial charge >= 0.3 is 0 Å². The summed E-state index contributed by atoms with van der Waals surface area (Å²) in [4.78, 5) is 13.4. The van der Waals surface area contributed by atoms with Crippen molar-refractivity contribution < 1.29 is 14.3 Å². The van der Waals surface area contributed by atoms with Gasteiger partial charge in [0.2, 0.25) is 5.91 Å². The van der Waals surface area contributed by atoms with Crippen molar-refractivity contribution in [3.8, 4) is 0 Å². The lowest BCUT2D eigenvalue weighted by Crippen LogP contribution is -2.37. The zero-order valence-electron chi connectivity index (χ0n) is 11.6. The summed E-state index contributed by atoms with van der Waals surface area (Å²) in [6.45, 7) is 11.0. The number of carbonyl (C=O) groups excluding carboxylic acids is 1. The van der Waals surface area contributed by atoms with Gasteiger partial charge in [-0.2, -0.15) is 0 Å². The molecule has 0 N–H and O–H groups in total. The highest BCUT2D eigenvalue weighted by Crippen LogP contribution is 2.22. The number of nitrogens with zero attached hydrogens (tertiary/aromatic N) is 1. The molecule has 1 aliphatic rings. The highest BCUT2D eigenvalue weighted by atomic mass is 16.5. The SMILES string of the molecule is CC(=O)N1C[C@H](OC(C)C)C[C@H]1COC(C)C. The Bertz CT molecular complexity index is 253. The molecule has 100 valence electrons. The van der Waals surface area contributed by atoms with Gasteiger partial charge in [0.1, 0.15) is 0 Å². The first kappa shape index (κ1) is 14.5. The Morgan fingerprint density at radius 1 is 1.29 bits per heavy atom. The Kier molecular flexibility index (Phi) is 5.40. The van der Waals surface area contributed by atoms with Crippen molar-refractivity contribution in [3.05, 3.63) is 0 Å². The van der Waals surface area contributed by atoms with Crippen LogP contribution in [0.1, 0.15) is 41.0 Å². The number of hydrogen-bond donors (Lipinski definition) is 0. The predicted molar refractivity (Wildman–Crippen MR) is 66.9 cm³/mol. The summed E-state index contributed by atoms with van der Waals surface area (Å²) in [6.07, 6.45) is 1.44. The van der Waals surface area contributed by atoms with Gasteiger partial charge in [0, 0.05) is 13.5 Å². The molecule has 17 heavy (non-hydrogen) atoms. The van der Waals surface area contributed by atoms with E-state index in [-0.39, 0.29) is 30.3 Å². The minimum absolute atomic E-state index is 0.109. The van der Waals surface area contributed by atoms with E-state index in [1.165, 1.54) is 0 Å². The molecule has 1 fully saturated rings. The lowest BCUT2D eigenvalue weighted by Gasteiger charge is -2.23. The van der Waals surface area contributed by atoms with Crippen molar-refractivity contribution in [3.63, 3.8) is 0 Å². The normalized spacial score (nSPS) is 25.0. The summed E-state index contributed by atoms with van der Waals surface area (Å²) >= 11 is 0. The molecule has 1 rings (SSSR count). The van der Waals surface area contributed by atoms with Gasteiger partial charge in [-0.05, 0) is 34.1 Å². The van der Waals surface area contributed by atoms with Gasteiger partial charge in [-0.1, -0.05) is 0 Å². The van der Waals surface area contributed by atoms with Crippen molar-refractivity contribution in [2.24, 2.45) is 0 Å². The topological polar surface area (TPSA) is 38.8 Å². The van der Waals surface area contributed by atoms with Crippen molar-refractivity contribution >= 4 is 5.91 Å². The summed E-state index contributed by atoms with van der Waals surface area (Å²) in [5, 5.41) is 0. The monoisotopic (exact) mass is 243 g/mol. The molecular weight excluding hydrogens is 218 g/mol. The molecule has 1 saturated heterocycles. The molecule has 0 radical (unpaired) electrons. The Hall–Kier alpha value is -0.610. The predicted octanol–water partition coefficient (Wildman–Crippen LogP) is 1.83. The largest absolute Gasteiger partial charge is 0.377 e. The third-order valence-corrected chi connectivity index (χ3v) is 2.87. The van der Waals surface area contributed by atoms with Crippen LogP contribution in [0.3, 0.4) is 0 Å². The second-order valence-corrected chi connectivity index (χ2v) is 5.25. The van der Waals surface area contributed by atoms with Crippen molar-refractivity contribution in [2.75, 3.05) is 13.2 Å². The summed E-state index contributed by atoms with van der Waals surface area (Å²) in [5.74, 6) is 0.109. The van der Waals surface area contributed by atoms with Crippen LogP contribution in [0.25, 0.3) is 0 Å². The summed E-state index contributed by atoms with van der Waals surface area (Å²) in [6, 6.07) is 0.165. The van der Waals surface area contributed by atoms with Crippen LogP contribution in [0.15, 0.2) is 0 Å². The lowest BCUT2D eigenvalue weighted by molar-refractivity contribution is -0.131. The molecule has 2 atom stereocenters. The van der Waals surface area contributed by atoms with Crippen molar-refractivity contribution in [1.29, 1.82) is 0 Å². The van der Waals surface area contributed by atoms with Gasteiger partial charge in [0.25, 0.3) is 0 Å². The van der Waals surface area contributed by atoms with E-state index in [1.807, 2.05) is 32.6 Å². The number of rotatable bonds is 5. The fourth-order valence-corrected chi connectivity index (χ4v) is 2.20. The van der Waals surface area contributed by atoms with Crippen molar-refractivity contribution in [1.82, 2.24) is 4.90 Å². The molecule has 0 aromatic heterocycles. The van der Waals surface area contributed by atoms with E-state index in [4.69, 9.17) is 9.47 Å². The lowest BCUT2D eigenvalue weighted by atomic mass is 10.2. The van der Waals surface area contributed by atoms with Crippen LogP contribution in [0, 0.1) is 0 Å². The molecule has 1 heterocycles. The summed E-state index contributed by atoms with van der Waals surface area (Å²) < 4.78 is 11.4. The maximum Gasteiger partial charge on any atom is 0.219 e. The van der Waals surface area contributed by atoms with Gasteiger partial charge in [-0.3, -0.25) is 4.79 Å². The number of hydrogen-bond acceptors (Lipinski definition) is 3. The second kappa shape index (κ2) is 6.36.